The number of nitrogens with one attached hydrogen (secondary N) is 6. The molecule has 0 unspecified atom stereocenters. The predicted molar refractivity (Wildman–Crippen MR) is 320 cm³/mol. The summed E-state index contributed by atoms with van der Waals surface area (Å²) in [5.74, 6) is 1.25. The van der Waals surface area contributed by atoms with E-state index in [-0.39, 0.29) is 46.0 Å². The van der Waals surface area contributed by atoms with Gasteiger partial charge in [0.15, 0.2) is 12.3 Å². The van der Waals surface area contributed by atoms with Crippen molar-refractivity contribution in [2.75, 3.05) is 77.5 Å². The van der Waals surface area contributed by atoms with Gasteiger partial charge in [0, 0.05) is 63.1 Å². The Bertz CT molecular complexity index is 2530. The van der Waals surface area contributed by atoms with Crippen LogP contribution in [0.3, 0.4) is 0 Å². The summed E-state index contributed by atoms with van der Waals surface area (Å²) in [6.07, 6.45) is 0. The first-order valence-corrected chi connectivity index (χ1v) is 36.0. The van der Waals surface area contributed by atoms with Crippen molar-refractivity contribution in [2.45, 2.75) is 11.6 Å². The summed E-state index contributed by atoms with van der Waals surface area (Å²) >= 11 is 41.1. The lowest BCUT2D eigenvalue weighted by atomic mass is 10.2. The molecule has 0 saturated carbocycles. The van der Waals surface area contributed by atoms with E-state index in [2.05, 4.69) is 59.9 Å². The molecule has 0 aliphatic carbocycles. The zero-order valence-corrected chi connectivity index (χ0v) is 52.4. The molecule has 35 heteroatoms. The summed E-state index contributed by atoms with van der Waals surface area (Å²) < 4.78 is 21.3. The molecule has 0 heterocycles. The number of amides is 2. The second-order valence-corrected chi connectivity index (χ2v) is 38.4. The van der Waals surface area contributed by atoms with Crippen LogP contribution in [-0.4, -0.2) is 119 Å². The highest BCUT2D eigenvalue weighted by molar-refractivity contribution is 8.56. The molecule has 0 fully saturated rings. The van der Waals surface area contributed by atoms with Crippen LogP contribution in [0.5, 0.6) is 23.0 Å². The molecule has 4 aromatic rings. The van der Waals surface area contributed by atoms with Crippen LogP contribution in [-0.2, 0) is 51.6 Å². The van der Waals surface area contributed by atoms with E-state index in [0.29, 0.717) is 33.9 Å². The minimum absolute atomic E-state index is 0. The fraction of sp³-hybridized carbons (Fsp3) is 0.333. The Morgan fingerprint density at radius 1 is 0.649 bits per heavy atom. The van der Waals surface area contributed by atoms with Crippen LogP contribution in [0.25, 0.3) is 0 Å². The van der Waals surface area contributed by atoms with E-state index in [1.807, 2.05) is 0 Å². The van der Waals surface area contributed by atoms with Gasteiger partial charge in [-0.3, -0.25) is 54.7 Å². The fourth-order valence-corrected chi connectivity index (χ4v) is 7.86. The number of alkyl halides is 1. The van der Waals surface area contributed by atoms with Crippen molar-refractivity contribution in [1.29, 1.82) is 0 Å². The number of hydrogen-bond acceptors (Lipinski definition) is 14. The number of rotatable bonds is 18. The second kappa shape index (κ2) is 38.4. The standard InChI is InChI=1S/C18H23N4O5PS.C16H15ClN2O4.C2H8ClN2PS.C2H9N2OPS.CH5N.Cl3PS.H2O/c1-19-28(26,20-2)29-12-13-5-10-16(22(24)25)17(11-13)27-15-8-6-14(7-9-15)18(23)21(3)4;1-18(2)16(20)12-4-6-13(7-5-12)23-15-9-11(10-17)3-8-14(15)19(21)22;1-4-6(3,7)5-2;1-3-6(5,7)4-2;1-2;1-4(2,3)5;/h5-11H,12H2,1-4H3,(H2,19,20,26);3-9H,10H2,1-2H3;1-2H3,(H2,4,5,7);1-2H3,(H3,3,4,5,7);2H2,1H3;;1H2. The van der Waals surface area contributed by atoms with Gasteiger partial charge in [-0.2, -0.15) is 0 Å². The fourth-order valence-electron chi connectivity index (χ4n) is 4.49. The van der Waals surface area contributed by atoms with E-state index < -0.39 is 32.8 Å². The van der Waals surface area contributed by atoms with Crippen LogP contribution in [0.4, 0.5) is 11.4 Å². The van der Waals surface area contributed by atoms with Crippen molar-refractivity contribution in [2.24, 2.45) is 5.73 Å². The van der Waals surface area contributed by atoms with Crippen molar-refractivity contribution in [3.8, 4) is 23.0 Å². The first-order chi connectivity index (χ1) is 33.8. The maximum Gasteiger partial charge on any atom is 0.311 e. The first-order valence-electron chi connectivity index (χ1n) is 20.2. The van der Waals surface area contributed by atoms with Crippen LogP contribution in [0.2, 0.25) is 0 Å². The lowest BCUT2D eigenvalue weighted by molar-refractivity contribution is -0.385. The number of nitrogens with two attached hydrogens (primary N) is 1. The summed E-state index contributed by atoms with van der Waals surface area (Å²) in [6.45, 7) is -5.10. The molecule has 0 radical (unpaired) electrons. The summed E-state index contributed by atoms with van der Waals surface area (Å²) in [6, 6.07) is 21.7. The smallest absolute Gasteiger partial charge is 0.311 e. The number of carbonyl (C=O) groups excluding carboxylic acids is 2. The Morgan fingerprint density at radius 3 is 1.22 bits per heavy atom. The molecule has 0 aliphatic rings. The Balaban J connectivity index is -0.000000986. The van der Waals surface area contributed by atoms with Gasteiger partial charge in [-0.1, -0.05) is 68.5 Å². The minimum Gasteiger partial charge on any atom is -0.450 e. The van der Waals surface area contributed by atoms with E-state index in [0.717, 1.165) is 5.56 Å². The molecule has 4 rings (SSSR count). The topological polar surface area (TPSA) is 312 Å². The van der Waals surface area contributed by atoms with Gasteiger partial charge in [0.05, 0.1) is 9.85 Å². The maximum atomic E-state index is 12.4. The number of nitro benzene ring substituents is 2. The molecule has 418 valence electrons. The molecule has 0 aromatic heterocycles. The average molecular weight is 1290 g/mol. The van der Waals surface area contributed by atoms with Gasteiger partial charge in [0.1, 0.15) is 11.5 Å². The molecule has 0 bridgehead atoms. The van der Waals surface area contributed by atoms with Gasteiger partial charge in [-0.05, 0) is 157 Å². The van der Waals surface area contributed by atoms with Crippen molar-refractivity contribution in [3.05, 3.63) is 127 Å². The Morgan fingerprint density at radius 2 is 0.973 bits per heavy atom. The summed E-state index contributed by atoms with van der Waals surface area (Å²) in [5, 5.41) is 38.6. The van der Waals surface area contributed by atoms with Crippen LogP contribution in [0, 0.1) is 20.2 Å². The van der Waals surface area contributed by atoms with Crippen molar-refractivity contribution < 1.29 is 43.8 Å². The van der Waals surface area contributed by atoms with Gasteiger partial charge in [-0.15, -0.1) is 11.6 Å². The lowest BCUT2D eigenvalue weighted by Gasteiger charge is -2.15. The molecule has 0 spiro atoms. The van der Waals surface area contributed by atoms with Crippen molar-refractivity contribution in [3.63, 3.8) is 0 Å². The molecule has 0 aliphatic heterocycles. The predicted octanol–water partition coefficient (Wildman–Crippen LogP) is 9.90. The maximum absolute atomic E-state index is 12.4. The third kappa shape index (κ3) is 31.9. The molecule has 11 N–H and O–H groups in total. The summed E-state index contributed by atoms with van der Waals surface area (Å²) in [4.78, 5) is 56.9. The molecule has 22 nitrogen and oxygen atoms in total. The van der Waals surface area contributed by atoms with Gasteiger partial charge >= 0.3 is 11.4 Å². The third-order valence-corrected chi connectivity index (χ3v) is 18.7. The number of benzene rings is 4. The van der Waals surface area contributed by atoms with E-state index in [9.17, 15) is 34.4 Å². The van der Waals surface area contributed by atoms with Gasteiger partial charge < -0.3 is 35.4 Å². The monoisotopic (exact) mass is 1290 g/mol. The van der Waals surface area contributed by atoms with Crippen molar-refractivity contribution in [1.82, 2.24) is 40.3 Å². The SMILES string of the molecule is CN.CN(C)C(=O)c1ccc(Oc2cc(CCl)ccc2[N+](=O)[O-])cc1.CNP(=O)(NC)SCc1ccc([N+](=O)[O-])c(Oc2ccc(C(=O)N(C)C)cc2)c1.CNP(=S)(Cl)NC.CNP(O)(=S)NC.O.S=P(Cl)(Cl)Cl. The van der Waals surface area contributed by atoms with Crippen LogP contribution >= 0.6 is 90.9 Å². The van der Waals surface area contributed by atoms with E-state index in [1.54, 1.807) is 137 Å². The largest absolute Gasteiger partial charge is 0.450 e. The summed E-state index contributed by atoms with van der Waals surface area (Å²) in [5.41, 5.74) is 4.75. The quantitative estimate of drug-likeness (QED) is 0.0199. The van der Waals surface area contributed by atoms with Gasteiger partial charge in [-0.25, -0.2) is 10.2 Å². The number of halogens is 5. The van der Waals surface area contributed by atoms with Crippen LogP contribution in [0.15, 0.2) is 84.9 Å². The normalized spacial score (nSPS) is 10.7. The molecule has 0 atom stereocenters. The third-order valence-electron chi connectivity index (χ3n) is 8.25. The zero-order valence-electron chi connectivity index (χ0n) is 41.8. The number of hydrogen-bond donors (Lipinski definition) is 8. The molecule has 0 saturated heterocycles. The highest BCUT2D eigenvalue weighted by Gasteiger charge is 2.21. The first kappa shape index (κ1) is 76.1. The van der Waals surface area contributed by atoms with Crippen molar-refractivity contribution >= 4 is 150 Å². The number of nitrogens with zero attached hydrogens (tertiary/aromatic N) is 4. The average Bonchev–Trinajstić information content (AvgIpc) is 3.36. The molecule has 74 heavy (non-hydrogen) atoms. The second-order valence-electron chi connectivity index (χ2n) is 13.6. The van der Waals surface area contributed by atoms with E-state index >= 15 is 0 Å². The number of carbonyl (C=O) groups is 2. The summed E-state index contributed by atoms with van der Waals surface area (Å²) in [7, 11) is 18.0. The minimum atomic E-state index is -2.78. The highest BCUT2D eigenvalue weighted by Crippen LogP contribution is 2.61. The van der Waals surface area contributed by atoms with Gasteiger partial charge in [0.25, 0.3) is 18.5 Å². The van der Waals surface area contributed by atoms with Crippen LogP contribution in [0.1, 0.15) is 31.8 Å². The van der Waals surface area contributed by atoms with E-state index in [4.69, 9.17) is 82.7 Å². The Kier molecular flexibility index (Phi) is 39.5. The number of ether oxygens (including phenoxy) is 2. The molecule has 4 aromatic carbocycles. The molecular formula is C39H62Cl5N11O11P4S4. The molecule has 2 amide bonds. The lowest BCUT2D eigenvalue weighted by Crippen LogP contribution is -2.21. The Labute approximate surface area is 475 Å². The zero-order chi connectivity index (χ0) is 56.9. The molecular weight excluding hydrogens is 1230 g/mol. The van der Waals surface area contributed by atoms with E-state index in [1.165, 1.54) is 46.4 Å². The van der Waals surface area contributed by atoms with Gasteiger partial charge in [0.2, 0.25) is 15.6 Å². The van der Waals surface area contributed by atoms with Crippen LogP contribution < -0.4 is 45.7 Å². The number of nitro groups is 2. The highest BCUT2D eigenvalue weighted by atomic mass is 36.1. The Hall–Kier alpha value is -2.16.